The number of nitrogens with zero attached hydrogens (tertiary/aromatic N) is 1. The van der Waals surface area contributed by atoms with Gasteiger partial charge in [-0.1, -0.05) is 25.0 Å². The van der Waals surface area contributed by atoms with E-state index in [4.69, 9.17) is 4.74 Å². The van der Waals surface area contributed by atoms with Crippen LogP contribution >= 0.6 is 0 Å². The van der Waals surface area contributed by atoms with Crippen molar-refractivity contribution in [3.05, 3.63) is 29.8 Å². The third-order valence-corrected chi connectivity index (χ3v) is 4.73. The first kappa shape index (κ1) is 23.2. The van der Waals surface area contributed by atoms with Crippen molar-refractivity contribution in [1.82, 2.24) is 5.32 Å². The third kappa shape index (κ3) is 7.33. The average molecular weight is 434 g/mol. The number of unbranched alkanes of at least 4 members (excludes halogenated alkanes) is 3. The number of alkyl halides is 2. The predicted molar refractivity (Wildman–Crippen MR) is 101 cm³/mol. The number of carbonyl (C=O) groups is 2. The molecule has 0 unspecified atom stereocenters. The molecule has 1 aromatic carbocycles. The normalized spacial score (nSPS) is 15.1. The Labute approximate surface area is 168 Å². The number of halogens is 2. The van der Waals surface area contributed by atoms with Gasteiger partial charge in [0.1, 0.15) is 6.61 Å². The SMILES string of the molecule is CS(=O)(=O)OCCCCCCOCC(F)(F)c1cccc(N2C(=O)CNC2=O)c1. The minimum atomic E-state index is -3.43. The number of hydrogen-bond acceptors (Lipinski definition) is 6. The van der Waals surface area contributed by atoms with Gasteiger partial charge in [-0.15, -0.1) is 0 Å². The number of imide groups is 1. The average Bonchev–Trinajstić information content (AvgIpc) is 2.98. The van der Waals surface area contributed by atoms with Crippen molar-refractivity contribution in [2.45, 2.75) is 31.6 Å². The van der Waals surface area contributed by atoms with E-state index in [0.717, 1.165) is 17.2 Å². The van der Waals surface area contributed by atoms with Crippen LogP contribution in [0, 0.1) is 0 Å². The molecular formula is C18H24F2N2O6S. The zero-order chi connectivity index (χ0) is 21.5. The van der Waals surface area contributed by atoms with Gasteiger partial charge in [0, 0.05) is 12.2 Å². The lowest BCUT2D eigenvalue weighted by molar-refractivity contribution is -0.115. The smallest absolute Gasteiger partial charge is 0.329 e. The van der Waals surface area contributed by atoms with Crippen LogP contribution in [0.25, 0.3) is 0 Å². The van der Waals surface area contributed by atoms with Crippen molar-refractivity contribution in [3.8, 4) is 0 Å². The maximum absolute atomic E-state index is 14.4. The van der Waals surface area contributed by atoms with Crippen LogP contribution in [0.2, 0.25) is 0 Å². The van der Waals surface area contributed by atoms with Gasteiger partial charge in [-0.2, -0.15) is 17.2 Å². The van der Waals surface area contributed by atoms with E-state index < -0.39 is 34.6 Å². The van der Waals surface area contributed by atoms with E-state index >= 15 is 0 Å². The minimum absolute atomic E-state index is 0.0819. The van der Waals surface area contributed by atoms with Gasteiger partial charge >= 0.3 is 6.03 Å². The first-order valence-corrected chi connectivity index (χ1v) is 10.9. The van der Waals surface area contributed by atoms with Gasteiger partial charge in [0.2, 0.25) is 0 Å². The van der Waals surface area contributed by atoms with Crippen LogP contribution < -0.4 is 10.2 Å². The maximum Gasteiger partial charge on any atom is 0.329 e. The fourth-order valence-corrected chi connectivity index (χ4v) is 3.13. The number of amides is 3. The maximum atomic E-state index is 14.4. The molecule has 0 bridgehead atoms. The highest BCUT2D eigenvalue weighted by molar-refractivity contribution is 7.85. The Morgan fingerprint density at radius 3 is 2.45 bits per heavy atom. The lowest BCUT2D eigenvalue weighted by atomic mass is 10.1. The molecular weight excluding hydrogens is 410 g/mol. The van der Waals surface area contributed by atoms with Gasteiger partial charge in [-0.05, 0) is 25.0 Å². The summed E-state index contributed by atoms with van der Waals surface area (Å²) in [5.74, 6) is -3.79. The largest absolute Gasteiger partial charge is 0.375 e. The molecule has 0 spiro atoms. The van der Waals surface area contributed by atoms with E-state index in [1.807, 2.05) is 0 Å². The molecule has 162 valence electrons. The van der Waals surface area contributed by atoms with Gasteiger partial charge in [0.25, 0.3) is 21.9 Å². The van der Waals surface area contributed by atoms with Crippen LogP contribution in [0.1, 0.15) is 31.2 Å². The predicted octanol–water partition coefficient (Wildman–Crippen LogP) is 2.39. The summed E-state index contributed by atoms with van der Waals surface area (Å²) in [5.41, 5.74) is -0.265. The number of ether oxygens (including phenoxy) is 1. The molecule has 8 nitrogen and oxygen atoms in total. The van der Waals surface area contributed by atoms with Gasteiger partial charge < -0.3 is 10.1 Å². The second kappa shape index (κ2) is 10.1. The van der Waals surface area contributed by atoms with Crippen LogP contribution in [-0.2, 0) is 29.8 Å². The highest BCUT2D eigenvalue weighted by atomic mass is 32.2. The first-order valence-electron chi connectivity index (χ1n) is 9.11. The third-order valence-electron chi connectivity index (χ3n) is 4.13. The number of hydrogen-bond donors (Lipinski definition) is 1. The molecule has 0 radical (unpaired) electrons. The molecule has 11 heteroatoms. The monoisotopic (exact) mass is 434 g/mol. The van der Waals surface area contributed by atoms with Gasteiger partial charge in [0.15, 0.2) is 0 Å². The Hall–Kier alpha value is -2.11. The summed E-state index contributed by atoms with van der Waals surface area (Å²) in [6, 6.07) is 4.45. The molecule has 0 atom stereocenters. The quantitative estimate of drug-likeness (QED) is 0.308. The molecule has 1 aromatic rings. The van der Waals surface area contributed by atoms with Crippen molar-refractivity contribution in [3.63, 3.8) is 0 Å². The second-order valence-corrected chi connectivity index (χ2v) is 8.28. The van der Waals surface area contributed by atoms with E-state index in [2.05, 4.69) is 9.50 Å². The van der Waals surface area contributed by atoms with Crippen molar-refractivity contribution in [2.75, 3.05) is 37.5 Å². The molecule has 2 rings (SSSR count). The topological polar surface area (TPSA) is 102 Å². The Morgan fingerprint density at radius 2 is 1.83 bits per heavy atom. The highest BCUT2D eigenvalue weighted by Crippen LogP contribution is 2.31. The van der Waals surface area contributed by atoms with Gasteiger partial charge in [-0.25, -0.2) is 9.69 Å². The number of benzene rings is 1. The number of carbonyl (C=O) groups excluding carboxylic acids is 2. The van der Waals surface area contributed by atoms with Crippen LogP contribution in [0.3, 0.4) is 0 Å². The molecule has 3 amide bonds. The summed E-state index contributed by atoms with van der Waals surface area (Å²) in [5, 5.41) is 2.34. The van der Waals surface area contributed by atoms with E-state index in [1.54, 1.807) is 0 Å². The summed E-state index contributed by atoms with van der Waals surface area (Å²) in [4.78, 5) is 24.2. The van der Waals surface area contributed by atoms with Crippen LogP contribution in [0.15, 0.2) is 24.3 Å². The fourth-order valence-electron chi connectivity index (χ4n) is 2.71. The number of urea groups is 1. The minimum Gasteiger partial charge on any atom is -0.375 e. The molecule has 1 N–H and O–H groups in total. The number of rotatable bonds is 12. The molecule has 1 aliphatic rings. The zero-order valence-corrected chi connectivity index (χ0v) is 16.8. The molecule has 1 aliphatic heterocycles. The lowest BCUT2D eigenvalue weighted by Gasteiger charge is -2.19. The Morgan fingerprint density at radius 1 is 1.14 bits per heavy atom. The molecule has 1 heterocycles. The van der Waals surface area contributed by atoms with Gasteiger partial charge in [0.05, 0.1) is 25.1 Å². The molecule has 1 fully saturated rings. The lowest BCUT2D eigenvalue weighted by Crippen LogP contribution is -2.31. The Balaban J connectivity index is 1.75. The Bertz CT molecular complexity index is 815. The molecule has 0 saturated carbocycles. The number of nitrogens with one attached hydrogen (secondary N) is 1. The van der Waals surface area contributed by atoms with Crippen molar-refractivity contribution in [2.24, 2.45) is 0 Å². The summed E-state index contributed by atoms with van der Waals surface area (Å²) < 4.78 is 60.1. The molecule has 0 aliphatic carbocycles. The van der Waals surface area contributed by atoms with E-state index in [9.17, 15) is 26.8 Å². The summed E-state index contributed by atoms with van der Waals surface area (Å²) in [6.45, 7) is -0.752. The van der Waals surface area contributed by atoms with Crippen molar-refractivity contribution < 1.29 is 35.7 Å². The van der Waals surface area contributed by atoms with Crippen molar-refractivity contribution >= 4 is 27.7 Å². The Kier molecular flexibility index (Phi) is 8.05. The van der Waals surface area contributed by atoms with Crippen LogP contribution in [-0.4, -0.2) is 53.0 Å². The van der Waals surface area contributed by atoms with Crippen LogP contribution in [0.4, 0.5) is 19.3 Å². The summed E-state index contributed by atoms with van der Waals surface area (Å²) in [7, 11) is -3.43. The van der Waals surface area contributed by atoms with Crippen molar-refractivity contribution in [1.29, 1.82) is 0 Å². The van der Waals surface area contributed by atoms with Gasteiger partial charge in [-0.3, -0.25) is 8.98 Å². The molecule has 29 heavy (non-hydrogen) atoms. The summed E-state index contributed by atoms with van der Waals surface area (Å²) >= 11 is 0. The summed E-state index contributed by atoms with van der Waals surface area (Å²) in [6.07, 6.45) is 3.48. The van der Waals surface area contributed by atoms with E-state index in [-0.39, 0.29) is 31.0 Å². The fraction of sp³-hybridized carbons (Fsp3) is 0.556. The van der Waals surface area contributed by atoms with E-state index in [1.165, 1.54) is 18.2 Å². The second-order valence-electron chi connectivity index (χ2n) is 6.64. The zero-order valence-electron chi connectivity index (χ0n) is 16.0. The molecule has 0 aromatic heterocycles. The van der Waals surface area contributed by atoms with Crippen LogP contribution in [0.5, 0.6) is 0 Å². The number of anilines is 1. The van der Waals surface area contributed by atoms with E-state index in [0.29, 0.717) is 25.7 Å². The highest BCUT2D eigenvalue weighted by Gasteiger charge is 2.35. The first-order chi connectivity index (χ1) is 13.6. The standard InChI is InChI=1S/C18H24F2N2O6S/c1-29(25,26)28-10-5-3-2-4-9-27-13-18(19,20)14-7-6-8-15(11-14)22-16(23)12-21-17(22)24/h6-8,11H,2-5,9-10,12-13H2,1H3,(H,21,24). The molecule has 1 saturated heterocycles.